The zero-order valence-electron chi connectivity index (χ0n) is 19.1. The Labute approximate surface area is 202 Å². The van der Waals surface area contributed by atoms with Crippen LogP contribution in [0.4, 0.5) is 5.95 Å². The number of nitrogens with one attached hydrogen (secondary N) is 1. The van der Waals surface area contributed by atoms with Gasteiger partial charge in [0.1, 0.15) is 0 Å². The fourth-order valence-corrected chi connectivity index (χ4v) is 4.60. The molecule has 0 saturated heterocycles. The van der Waals surface area contributed by atoms with Gasteiger partial charge in [-0.2, -0.15) is 4.98 Å². The van der Waals surface area contributed by atoms with E-state index in [0.29, 0.717) is 24.3 Å². The molecule has 5 rings (SSSR count). The first-order chi connectivity index (χ1) is 16.7. The molecule has 0 fully saturated rings. The highest BCUT2D eigenvalue weighted by Crippen LogP contribution is 2.30. The van der Waals surface area contributed by atoms with Gasteiger partial charge in [0.05, 0.1) is 30.7 Å². The quantitative estimate of drug-likeness (QED) is 0.348. The molecule has 2 aromatic carbocycles. The summed E-state index contributed by atoms with van der Waals surface area (Å²) in [4.78, 5) is 16.9. The predicted octanol–water partition coefficient (Wildman–Crippen LogP) is 5.16. The lowest BCUT2D eigenvalue weighted by atomic mass is 9.98. The summed E-state index contributed by atoms with van der Waals surface area (Å²) in [6, 6.07) is 16.5. The van der Waals surface area contributed by atoms with Crippen molar-refractivity contribution in [2.45, 2.75) is 37.8 Å². The monoisotopic (exact) mass is 474 g/mol. The molecular formula is C25H26N6O2S. The molecule has 174 valence electrons. The first kappa shape index (κ1) is 22.4. The number of anilines is 1. The van der Waals surface area contributed by atoms with Crippen LogP contribution in [-0.2, 0) is 13.0 Å². The topological polar surface area (TPSA) is 89.2 Å². The highest BCUT2D eigenvalue weighted by atomic mass is 32.2. The molecule has 1 aliphatic rings. The summed E-state index contributed by atoms with van der Waals surface area (Å²) in [7, 11) is 0. The number of hydrogen-bond donors (Lipinski definition) is 1. The van der Waals surface area contributed by atoms with Crippen LogP contribution in [0.2, 0.25) is 0 Å². The summed E-state index contributed by atoms with van der Waals surface area (Å²) < 4.78 is 14.0. The second-order valence-corrected chi connectivity index (χ2v) is 8.91. The van der Waals surface area contributed by atoms with Gasteiger partial charge >= 0.3 is 0 Å². The fraction of sp³-hybridized carbons (Fsp3) is 0.280. The molecule has 0 bridgehead atoms. The lowest BCUT2D eigenvalue weighted by Crippen LogP contribution is -2.33. The van der Waals surface area contributed by atoms with Gasteiger partial charge in [-0.1, -0.05) is 24.3 Å². The molecule has 2 aromatic heterocycles. The van der Waals surface area contributed by atoms with E-state index in [4.69, 9.17) is 9.26 Å². The van der Waals surface area contributed by atoms with Crippen LogP contribution in [0.25, 0.3) is 11.5 Å². The average molecular weight is 475 g/mol. The number of nitrogens with zero attached hydrogens (tertiary/aromatic N) is 5. The molecule has 0 spiro atoms. The Morgan fingerprint density at radius 2 is 2.00 bits per heavy atom. The molecule has 1 atom stereocenters. The SMILES string of the molecule is CCOc1cnc(C(C)N2CCc3ccc(SNc4noc(-c5ccccc5)n4)cc3C2)cn1. The van der Waals surface area contributed by atoms with Gasteiger partial charge in [-0.25, -0.2) is 4.98 Å². The summed E-state index contributed by atoms with van der Waals surface area (Å²) in [5.41, 5.74) is 4.55. The van der Waals surface area contributed by atoms with Crippen molar-refractivity contribution in [2.75, 3.05) is 17.9 Å². The number of aromatic nitrogens is 4. The molecule has 1 aliphatic heterocycles. The number of ether oxygens (including phenoxy) is 1. The van der Waals surface area contributed by atoms with Crippen LogP contribution in [0.3, 0.4) is 0 Å². The van der Waals surface area contributed by atoms with Crippen molar-refractivity contribution in [3.05, 3.63) is 77.7 Å². The van der Waals surface area contributed by atoms with Crippen molar-refractivity contribution in [1.82, 2.24) is 25.0 Å². The minimum absolute atomic E-state index is 0.168. The summed E-state index contributed by atoms with van der Waals surface area (Å²) in [5.74, 6) is 1.51. The molecule has 34 heavy (non-hydrogen) atoms. The Morgan fingerprint density at radius 3 is 2.79 bits per heavy atom. The van der Waals surface area contributed by atoms with Crippen LogP contribution >= 0.6 is 11.9 Å². The van der Waals surface area contributed by atoms with E-state index in [1.54, 1.807) is 6.20 Å². The van der Waals surface area contributed by atoms with Gasteiger partial charge in [0, 0.05) is 23.5 Å². The summed E-state index contributed by atoms with van der Waals surface area (Å²) in [6.45, 7) is 6.55. The fourth-order valence-electron chi connectivity index (χ4n) is 3.97. The molecule has 1 N–H and O–H groups in total. The van der Waals surface area contributed by atoms with Gasteiger partial charge in [0.15, 0.2) is 0 Å². The Morgan fingerprint density at radius 1 is 1.12 bits per heavy atom. The number of rotatable bonds is 8. The van der Waals surface area contributed by atoms with E-state index in [1.165, 1.54) is 23.1 Å². The Kier molecular flexibility index (Phi) is 6.73. The van der Waals surface area contributed by atoms with Crippen molar-refractivity contribution in [1.29, 1.82) is 0 Å². The van der Waals surface area contributed by atoms with Gasteiger partial charge < -0.3 is 9.26 Å². The van der Waals surface area contributed by atoms with E-state index in [2.05, 4.69) is 54.9 Å². The first-order valence-corrected chi connectivity index (χ1v) is 12.1. The molecule has 1 unspecified atom stereocenters. The van der Waals surface area contributed by atoms with Crippen molar-refractivity contribution in [2.24, 2.45) is 0 Å². The van der Waals surface area contributed by atoms with E-state index in [-0.39, 0.29) is 6.04 Å². The second kappa shape index (κ2) is 10.2. The van der Waals surface area contributed by atoms with Crippen LogP contribution in [0.15, 0.2) is 70.3 Å². The van der Waals surface area contributed by atoms with Crippen LogP contribution < -0.4 is 9.46 Å². The van der Waals surface area contributed by atoms with E-state index >= 15 is 0 Å². The molecule has 0 saturated carbocycles. The third kappa shape index (κ3) is 5.05. The van der Waals surface area contributed by atoms with Crippen LogP contribution in [0.1, 0.15) is 36.7 Å². The van der Waals surface area contributed by atoms with Crippen molar-refractivity contribution >= 4 is 17.9 Å². The van der Waals surface area contributed by atoms with Crippen LogP contribution in [0, 0.1) is 0 Å². The maximum atomic E-state index is 5.41. The molecule has 0 amide bonds. The molecule has 8 nitrogen and oxygen atoms in total. The Balaban J connectivity index is 1.23. The Hall–Kier alpha value is -3.43. The lowest BCUT2D eigenvalue weighted by molar-refractivity contribution is 0.188. The summed E-state index contributed by atoms with van der Waals surface area (Å²) in [5, 5.41) is 4.03. The zero-order valence-corrected chi connectivity index (χ0v) is 20.0. The summed E-state index contributed by atoms with van der Waals surface area (Å²) >= 11 is 1.48. The maximum Gasteiger partial charge on any atom is 0.274 e. The largest absolute Gasteiger partial charge is 0.477 e. The molecule has 9 heteroatoms. The molecule has 0 radical (unpaired) electrons. The van der Waals surface area contributed by atoms with Gasteiger partial charge in [-0.3, -0.25) is 14.6 Å². The van der Waals surface area contributed by atoms with Crippen molar-refractivity contribution in [3.8, 4) is 17.3 Å². The molecule has 4 aromatic rings. The minimum Gasteiger partial charge on any atom is -0.477 e. The smallest absolute Gasteiger partial charge is 0.274 e. The van der Waals surface area contributed by atoms with Gasteiger partial charge in [0.2, 0.25) is 5.88 Å². The Bertz CT molecular complexity index is 1230. The predicted molar refractivity (Wildman–Crippen MR) is 131 cm³/mol. The van der Waals surface area contributed by atoms with Crippen LogP contribution in [0.5, 0.6) is 5.88 Å². The lowest BCUT2D eigenvalue weighted by Gasteiger charge is -2.33. The number of hydrogen-bond acceptors (Lipinski definition) is 9. The van der Waals surface area contributed by atoms with Crippen molar-refractivity contribution < 1.29 is 9.26 Å². The molecular weight excluding hydrogens is 448 g/mol. The second-order valence-electron chi connectivity index (χ2n) is 8.03. The first-order valence-electron chi connectivity index (χ1n) is 11.3. The third-order valence-corrected chi connectivity index (χ3v) is 6.62. The van der Waals surface area contributed by atoms with E-state index < -0.39 is 0 Å². The van der Waals surface area contributed by atoms with Gasteiger partial charge in [-0.05, 0) is 72.8 Å². The van der Waals surface area contributed by atoms with Crippen molar-refractivity contribution in [3.63, 3.8) is 0 Å². The average Bonchev–Trinajstić information content (AvgIpc) is 3.37. The molecule has 0 aliphatic carbocycles. The maximum absolute atomic E-state index is 5.41. The van der Waals surface area contributed by atoms with E-state index in [0.717, 1.165) is 35.7 Å². The molecule has 3 heterocycles. The normalized spacial score (nSPS) is 14.4. The van der Waals surface area contributed by atoms with Gasteiger partial charge in [-0.15, -0.1) is 0 Å². The summed E-state index contributed by atoms with van der Waals surface area (Å²) in [6.07, 6.45) is 4.53. The third-order valence-electron chi connectivity index (χ3n) is 5.84. The van der Waals surface area contributed by atoms with Gasteiger partial charge in [0.25, 0.3) is 11.8 Å². The standard InChI is InChI=1S/C25H26N6O2S/c1-3-32-23-15-26-22(14-27-23)17(2)31-12-11-18-9-10-21(13-20(18)16-31)34-30-25-28-24(33-29-25)19-7-5-4-6-8-19/h4-10,13-15,17H,3,11-12,16H2,1-2H3,(H,29,30). The minimum atomic E-state index is 0.168. The highest BCUT2D eigenvalue weighted by Gasteiger charge is 2.23. The number of benzene rings is 2. The van der Waals surface area contributed by atoms with Crippen LogP contribution in [-0.4, -0.2) is 38.2 Å². The highest BCUT2D eigenvalue weighted by molar-refractivity contribution is 8.00. The van der Waals surface area contributed by atoms with E-state index in [9.17, 15) is 0 Å². The zero-order chi connectivity index (χ0) is 23.3. The van der Waals surface area contributed by atoms with E-state index in [1.807, 2.05) is 43.5 Å². The number of fused-ring (bicyclic) bond motifs is 1.